The van der Waals surface area contributed by atoms with Gasteiger partial charge in [0.05, 0.1) is 6.54 Å². The highest BCUT2D eigenvalue weighted by molar-refractivity contribution is 5.95. The average Bonchev–Trinajstić information content (AvgIpc) is 2.49. The number of hydrogen-bond donors (Lipinski definition) is 1. The summed E-state index contributed by atoms with van der Waals surface area (Å²) in [5, 5.41) is 0. The highest BCUT2D eigenvalue weighted by Crippen LogP contribution is 2.26. The van der Waals surface area contributed by atoms with E-state index in [9.17, 15) is 4.79 Å². The van der Waals surface area contributed by atoms with E-state index in [1.165, 1.54) is 5.56 Å². The Morgan fingerprint density at radius 3 is 2.75 bits per heavy atom. The summed E-state index contributed by atoms with van der Waals surface area (Å²) in [5.41, 5.74) is 8.32. The first-order valence-electron chi connectivity index (χ1n) is 7.60. The lowest BCUT2D eigenvalue weighted by Gasteiger charge is -2.34. The number of nitrogens with zero attached hydrogens (tertiary/aromatic N) is 2. The Hall–Kier alpha value is -1.39. The molecule has 1 fully saturated rings. The third-order valence-corrected chi connectivity index (χ3v) is 4.40. The van der Waals surface area contributed by atoms with Crippen LogP contribution in [0.2, 0.25) is 0 Å². The molecule has 0 atom stereocenters. The normalized spacial score (nSPS) is 20.8. The van der Waals surface area contributed by atoms with Gasteiger partial charge in [0, 0.05) is 31.4 Å². The second kappa shape index (κ2) is 5.94. The Morgan fingerprint density at radius 2 is 1.95 bits per heavy atom. The number of hydrogen-bond acceptors (Lipinski definition) is 3. The molecule has 1 aromatic carbocycles. The number of carbonyl (C=O) groups is 1. The lowest BCUT2D eigenvalue weighted by Crippen LogP contribution is -2.47. The zero-order chi connectivity index (χ0) is 13.9. The van der Waals surface area contributed by atoms with E-state index in [-0.39, 0.29) is 5.91 Å². The second-order valence-electron chi connectivity index (χ2n) is 5.89. The van der Waals surface area contributed by atoms with Gasteiger partial charge in [-0.2, -0.15) is 0 Å². The molecule has 3 rings (SSSR count). The maximum absolute atomic E-state index is 12.6. The molecule has 0 saturated carbocycles. The lowest BCUT2D eigenvalue weighted by atomic mass is 10.0. The summed E-state index contributed by atoms with van der Waals surface area (Å²) in [6.45, 7) is 3.27. The third-order valence-electron chi connectivity index (χ3n) is 4.40. The van der Waals surface area contributed by atoms with E-state index in [0.29, 0.717) is 12.6 Å². The van der Waals surface area contributed by atoms with E-state index >= 15 is 0 Å². The van der Waals surface area contributed by atoms with Crippen LogP contribution in [0.4, 0.5) is 5.69 Å². The summed E-state index contributed by atoms with van der Waals surface area (Å²) in [4.78, 5) is 16.8. The van der Waals surface area contributed by atoms with Crippen LogP contribution < -0.4 is 10.6 Å². The van der Waals surface area contributed by atoms with Crippen molar-refractivity contribution in [1.82, 2.24) is 4.90 Å². The van der Waals surface area contributed by atoms with Crippen LogP contribution in [0.15, 0.2) is 24.3 Å². The Bertz CT molecular complexity index is 480. The van der Waals surface area contributed by atoms with E-state index in [2.05, 4.69) is 23.1 Å². The quantitative estimate of drug-likeness (QED) is 0.886. The summed E-state index contributed by atoms with van der Waals surface area (Å²) >= 11 is 0. The number of anilines is 1. The fourth-order valence-corrected chi connectivity index (χ4v) is 3.18. The van der Waals surface area contributed by atoms with Crippen molar-refractivity contribution in [3.8, 4) is 0 Å². The molecule has 0 unspecified atom stereocenters. The molecular formula is C16H23N3O. The Balaban J connectivity index is 1.66. The van der Waals surface area contributed by atoms with Crippen molar-refractivity contribution < 1.29 is 4.79 Å². The monoisotopic (exact) mass is 273 g/mol. The zero-order valence-electron chi connectivity index (χ0n) is 11.9. The Kier molecular flexibility index (Phi) is 4.03. The molecule has 4 heteroatoms. The Morgan fingerprint density at radius 1 is 1.20 bits per heavy atom. The molecule has 0 radical (unpaired) electrons. The number of rotatable bonds is 2. The first-order valence-corrected chi connectivity index (χ1v) is 7.60. The molecule has 108 valence electrons. The van der Waals surface area contributed by atoms with Crippen molar-refractivity contribution in [3.05, 3.63) is 29.8 Å². The van der Waals surface area contributed by atoms with E-state index in [0.717, 1.165) is 51.0 Å². The van der Waals surface area contributed by atoms with Crippen molar-refractivity contribution >= 4 is 11.6 Å². The molecule has 0 aliphatic carbocycles. The largest absolute Gasteiger partial charge is 0.328 e. The predicted octanol–water partition coefficient (Wildman–Crippen LogP) is 1.39. The van der Waals surface area contributed by atoms with Gasteiger partial charge >= 0.3 is 0 Å². The van der Waals surface area contributed by atoms with Gasteiger partial charge < -0.3 is 10.6 Å². The van der Waals surface area contributed by atoms with Gasteiger partial charge in [-0.3, -0.25) is 9.69 Å². The van der Waals surface area contributed by atoms with Crippen molar-refractivity contribution in [2.24, 2.45) is 5.73 Å². The maximum atomic E-state index is 12.6. The minimum Gasteiger partial charge on any atom is -0.328 e. The molecule has 1 amide bonds. The minimum absolute atomic E-state index is 0.229. The number of fused-ring (bicyclic) bond motifs is 1. The first-order chi connectivity index (χ1) is 9.74. The third kappa shape index (κ3) is 2.86. The summed E-state index contributed by atoms with van der Waals surface area (Å²) in [7, 11) is 0. The summed E-state index contributed by atoms with van der Waals surface area (Å²) in [5.74, 6) is 0.229. The number of amides is 1. The highest BCUT2D eigenvalue weighted by Gasteiger charge is 2.25. The summed E-state index contributed by atoms with van der Waals surface area (Å²) in [6, 6.07) is 8.59. The molecule has 2 aliphatic rings. The molecule has 2 heterocycles. The van der Waals surface area contributed by atoms with Crippen LogP contribution >= 0.6 is 0 Å². The number of aryl methyl sites for hydroxylation is 1. The topological polar surface area (TPSA) is 49.6 Å². The average molecular weight is 273 g/mol. The number of benzene rings is 1. The van der Waals surface area contributed by atoms with Crippen LogP contribution in [0.1, 0.15) is 24.8 Å². The van der Waals surface area contributed by atoms with Gasteiger partial charge in [0.15, 0.2) is 0 Å². The molecular weight excluding hydrogens is 250 g/mol. The van der Waals surface area contributed by atoms with E-state index in [1.807, 2.05) is 11.0 Å². The smallest absolute Gasteiger partial charge is 0.241 e. The predicted molar refractivity (Wildman–Crippen MR) is 80.8 cm³/mol. The van der Waals surface area contributed by atoms with Gasteiger partial charge in [-0.15, -0.1) is 0 Å². The second-order valence-corrected chi connectivity index (χ2v) is 5.89. The van der Waals surface area contributed by atoms with Crippen LogP contribution in [-0.2, 0) is 11.2 Å². The summed E-state index contributed by atoms with van der Waals surface area (Å²) < 4.78 is 0. The van der Waals surface area contributed by atoms with Gasteiger partial charge in [0.1, 0.15) is 0 Å². The molecule has 4 nitrogen and oxygen atoms in total. The van der Waals surface area contributed by atoms with Crippen molar-refractivity contribution in [2.75, 3.05) is 31.1 Å². The van der Waals surface area contributed by atoms with E-state index in [4.69, 9.17) is 5.73 Å². The molecule has 1 saturated heterocycles. The van der Waals surface area contributed by atoms with Crippen LogP contribution in [0.25, 0.3) is 0 Å². The first kappa shape index (κ1) is 13.6. The minimum atomic E-state index is 0.229. The van der Waals surface area contributed by atoms with Crippen LogP contribution in [0.3, 0.4) is 0 Å². The molecule has 2 aliphatic heterocycles. The molecule has 0 aromatic heterocycles. The van der Waals surface area contributed by atoms with Crippen molar-refractivity contribution in [1.29, 1.82) is 0 Å². The van der Waals surface area contributed by atoms with Gasteiger partial charge in [-0.1, -0.05) is 18.2 Å². The molecule has 20 heavy (non-hydrogen) atoms. The lowest BCUT2D eigenvalue weighted by molar-refractivity contribution is -0.120. The van der Waals surface area contributed by atoms with Crippen LogP contribution in [0, 0.1) is 0 Å². The molecule has 2 N–H and O–H groups in total. The fourth-order valence-electron chi connectivity index (χ4n) is 3.18. The summed E-state index contributed by atoms with van der Waals surface area (Å²) in [6.07, 6.45) is 4.15. The van der Waals surface area contributed by atoms with E-state index in [1.54, 1.807) is 0 Å². The number of para-hydroxylation sites is 1. The van der Waals surface area contributed by atoms with Crippen LogP contribution in [-0.4, -0.2) is 43.0 Å². The number of piperidine rings is 1. The molecule has 0 bridgehead atoms. The highest BCUT2D eigenvalue weighted by atomic mass is 16.2. The number of carbonyl (C=O) groups excluding carboxylic acids is 1. The Labute approximate surface area is 120 Å². The molecule has 0 spiro atoms. The van der Waals surface area contributed by atoms with E-state index < -0.39 is 0 Å². The SMILES string of the molecule is NC1CCN(CC(=O)N2CCCc3ccccc32)CC1. The zero-order valence-corrected chi connectivity index (χ0v) is 11.9. The maximum Gasteiger partial charge on any atom is 0.241 e. The van der Waals surface area contributed by atoms with Gasteiger partial charge in [-0.05, 0) is 37.3 Å². The van der Waals surface area contributed by atoms with Crippen molar-refractivity contribution in [2.45, 2.75) is 31.7 Å². The van der Waals surface area contributed by atoms with Gasteiger partial charge in [0.25, 0.3) is 0 Å². The van der Waals surface area contributed by atoms with Crippen LogP contribution in [0.5, 0.6) is 0 Å². The van der Waals surface area contributed by atoms with Gasteiger partial charge in [0.2, 0.25) is 5.91 Å². The van der Waals surface area contributed by atoms with Crippen molar-refractivity contribution in [3.63, 3.8) is 0 Å². The molecule has 1 aromatic rings. The number of nitrogens with two attached hydrogens (primary N) is 1. The number of likely N-dealkylation sites (tertiary alicyclic amines) is 1. The standard InChI is InChI=1S/C16H23N3O/c17-14-7-10-18(11-8-14)12-16(20)19-9-3-5-13-4-1-2-6-15(13)19/h1-2,4,6,14H,3,5,7-12,17H2. The fraction of sp³-hybridized carbons (Fsp3) is 0.562. The van der Waals surface area contributed by atoms with Gasteiger partial charge in [-0.25, -0.2) is 0 Å².